The van der Waals surface area contributed by atoms with Gasteiger partial charge in [0.2, 0.25) is 5.91 Å². The Kier molecular flexibility index (Phi) is 6.97. The first-order chi connectivity index (χ1) is 13.7. The third-order valence-electron chi connectivity index (χ3n) is 5.11. The topological polar surface area (TPSA) is 88.4 Å². The van der Waals surface area contributed by atoms with Crippen LogP contribution in [0.3, 0.4) is 0 Å². The van der Waals surface area contributed by atoms with Gasteiger partial charge in [-0.25, -0.2) is 8.42 Å². The van der Waals surface area contributed by atoms with Gasteiger partial charge in [0.1, 0.15) is 16.2 Å². The van der Waals surface area contributed by atoms with Crippen LogP contribution in [-0.2, 0) is 14.6 Å². The lowest BCUT2D eigenvalue weighted by Crippen LogP contribution is -2.50. The molecule has 1 aromatic heterocycles. The van der Waals surface area contributed by atoms with Gasteiger partial charge in [0.05, 0.1) is 11.5 Å². The largest absolute Gasteiger partial charge is 0.339 e. The summed E-state index contributed by atoms with van der Waals surface area (Å²) in [5.74, 6) is 0.519. The molecule has 2 heterocycles. The summed E-state index contributed by atoms with van der Waals surface area (Å²) in [6.07, 6.45) is 2.91. The van der Waals surface area contributed by atoms with Crippen LogP contribution in [0, 0.1) is 13.8 Å². The fraction of sp³-hybridized carbons (Fsp3) is 0.526. The highest BCUT2D eigenvalue weighted by Crippen LogP contribution is 2.22. The summed E-state index contributed by atoms with van der Waals surface area (Å²) in [6, 6.07) is 6.17. The molecule has 10 heteroatoms. The Morgan fingerprint density at radius 3 is 2.52 bits per heavy atom. The number of hydrogen-bond acceptors (Lipinski definition) is 7. The van der Waals surface area contributed by atoms with Crippen LogP contribution >= 0.6 is 11.8 Å². The molecule has 0 radical (unpaired) electrons. The molecule has 0 aliphatic carbocycles. The zero-order chi connectivity index (χ0) is 21.0. The molecule has 0 saturated carbocycles. The van der Waals surface area contributed by atoms with Crippen LogP contribution < -0.4 is 0 Å². The molecule has 1 fully saturated rings. The Hall–Kier alpha value is -1.91. The number of carbonyl (C=O) groups is 1. The molecule has 1 amide bonds. The van der Waals surface area contributed by atoms with Crippen molar-refractivity contribution in [3.05, 3.63) is 35.7 Å². The Labute approximate surface area is 176 Å². The van der Waals surface area contributed by atoms with Gasteiger partial charge >= 0.3 is 0 Å². The number of benzene rings is 1. The number of nitrogens with zero attached hydrogens (tertiary/aromatic N) is 5. The highest BCUT2D eigenvalue weighted by Gasteiger charge is 2.22. The van der Waals surface area contributed by atoms with Crippen molar-refractivity contribution in [3.63, 3.8) is 0 Å². The van der Waals surface area contributed by atoms with E-state index in [1.807, 2.05) is 15.5 Å². The minimum atomic E-state index is -2.96. The Bertz CT molecular complexity index is 966. The maximum absolute atomic E-state index is 12.6. The summed E-state index contributed by atoms with van der Waals surface area (Å²) in [4.78, 5) is 16.5. The molecular weight excluding hydrogens is 410 g/mol. The SMILES string of the molecule is Cc1ccc(-n2cnnc2SCC(=O)N2CCN(CCS(C)(=O)=O)CC2)cc1C. The maximum Gasteiger partial charge on any atom is 0.233 e. The minimum Gasteiger partial charge on any atom is -0.339 e. The number of aromatic nitrogens is 3. The van der Waals surface area contributed by atoms with Crippen LogP contribution in [0.1, 0.15) is 11.1 Å². The van der Waals surface area contributed by atoms with Crippen LogP contribution in [0.25, 0.3) is 5.69 Å². The van der Waals surface area contributed by atoms with Crippen molar-refractivity contribution in [2.45, 2.75) is 19.0 Å². The van der Waals surface area contributed by atoms with Crippen molar-refractivity contribution >= 4 is 27.5 Å². The predicted octanol–water partition coefficient (Wildman–Crippen LogP) is 1.17. The first-order valence-corrected chi connectivity index (χ1v) is 12.6. The average molecular weight is 438 g/mol. The molecule has 1 aliphatic rings. The normalized spacial score (nSPS) is 15.6. The number of rotatable bonds is 7. The van der Waals surface area contributed by atoms with E-state index in [0.29, 0.717) is 43.6 Å². The molecule has 1 aromatic carbocycles. The summed E-state index contributed by atoms with van der Waals surface area (Å²) in [5, 5.41) is 8.85. The number of piperazine rings is 1. The van der Waals surface area contributed by atoms with Crippen LogP contribution in [0.15, 0.2) is 29.7 Å². The highest BCUT2D eigenvalue weighted by atomic mass is 32.2. The van der Waals surface area contributed by atoms with Crippen molar-refractivity contribution in [1.82, 2.24) is 24.6 Å². The van der Waals surface area contributed by atoms with Crippen LogP contribution in [0.2, 0.25) is 0 Å². The lowest BCUT2D eigenvalue weighted by Gasteiger charge is -2.34. The van der Waals surface area contributed by atoms with Gasteiger partial charge in [-0.15, -0.1) is 10.2 Å². The van der Waals surface area contributed by atoms with E-state index in [-0.39, 0.29) is 11.7 Å². The third kappa shape index (κ3) is 6.03. The predicted molar refractivity (Wildman–Crippen MR) is 114 cm³/mol. The summed E-state index contributed by atoms with van der Waals surface area (Å²) in [6.45, 7) is 7.29. The number of aryl methyl sites for hydroxylation is 2. The van der Waals surface area contributed by atoms with Crippen molar-refractivity contribution in [3.8, 4) is 5.69 Å². The van der Waals surface area contributed by atoms with E-state index >= 15 is 0 Å². The van der Waals surface area contributed by atoms with Gasteiger partial charge in [0.15, 0.2) is 5.16 Å². The molecule has 3 rings (SSSR count). The molecule has 0 unspecified atom stereocenters. The standard InChI is InChI=1S/C19H27N5O3S2/c1-15-4-5-17(12-16(15)2)24-14-20-21-19(24)28-13-18(25)23-8-6-22(7-9-23)10-11-29(3,26)27/h4-5,12,14H,6-11,13H2,1-3H3. The monoisotopic (exact) mass is 437 g/mol. The van der Waals surface area contributed by atoms with Gasteiger partial charge in [-0.2, -0.15) is 0 Å². The summed E-state index contributed by atoms with van der Waals surface area (Å²) < 4.78 is 24.5. The van der Waals surface area contributed by atoms with Crippen LogP contribution in [-0.4, -0.2) is 89.4 Å². The van der Waals surface area contributed by atoms with E-state index in [4.69, 9.17) is 0 Å². The van der Waals surface area contributed by atoms with Crippen LogP contribution in [0.5, 0.6) is 0 Å². The summed E-state index contributed by atoms with van der Waals surface area (Å²) >= 11 is 1.38. The lowest BCUT2D eigenvalue weighted by molar-refractivity contribution is -0.130. The molecule has 29 heavy (non-hydrogen) atoms. The van der Waals surface area contributed by atoms with E-state index in [0.717, 1.165) is 5.69 Å². The quantitative estimate of drug-likeness (QED) is 0.601. The molecular formula is C19H27N5O3S2. The fourth-order valence-electron chi connectivity index (χ4n) is 3.11. The number of carbonyl (C=O) groups excluding carboxylic acids is 1. The average Bonchev–Trinajstić information content (AvgIpc) is 3.15. The highest BCUT2D eigenvalue weighted by molar-refractivity contribution is 7.99. The zero-order valence-corrected chi connectivity index (χ0v) is 18.7. The second-order valence-electron chi connectivity index (χ2n) is 7.39. The molecule has 1 saturated heterocycles. The molecule has 2 aromatic rings. The number of thioether (sulfide) groups is 1. The van der Waals surface area contributed by atoms with Gasteiger partial charge in [0, 0.05) is 44.7 Å². The van der Waals surface area contributed by atoms with E-state index in [2.05, 4.69) is 41.1 Å². The first-order valence-electron chi connectivity index (χ1n) is 9.51. The first kappa shape index (κ1) is 21.8. The smallest absolute Gasteiger partial charge is 0.233 e. The molecule has 0 spiro atoms. The molecule has 0 bridgehead atoms. The van der Waals surface area contributed by atoms with Crippen LogP contribution in [0.4, 0.5) is 0 Å². The van der Waals surface area contributed by atoms with E-state index in [9.17, 15) is 13.2 Å². The number of sulfone groups is 1. The van der Waals surface area contributed by atoms with Crippen molar-refractivity contribution in [2.24, 2.45) is 0 Å². The van der Waals surface area contributed by atoms with Crippen molar-refractivity contribution in [1.29, 1.82) is 0 Å². The van der Waals surface area contributed by atoms with Gasteiger partial charge < -0.3 is 4.90 Å². The molecule has 8 nitrogen and oxygen atoms in total. The van der Waals surface area contributed by atoms with Gasteiger partial charge in [-0.1, -0.05) is 17.8 Å². The number of amides is 1. The summed E-state index contributed by atoms with van der Waals surface area (Å²) in [7, 11) is -2.96. The second-order valence-corrected chi connectivity index (χ2v) is 10.6. The molecule has 158 valence electrons. The van der Waals surface area contributed by atoms with Crippen molar-refractivity contribution < 1.29 is 13.2 Å². The minimum absolute atomic E-state index is 0.0624. The second kappa shape index (κ2) is 9.27. The van der Waals surface area contributed by atoms with Gasteiger partial charge in [0.25, 0.3) is 0 Å². The van der Waals surface area contributed by atoms with E-state index in [1.165, 1.54) is 29.1 Å². The third-order valence-corrected chi connectivity index (χ3v) is 6.97. The molecule has 0 atom stereocenters. The fourth-order valence-corrected chi connectivity index (χ4v) is 4.53. The maximum atomic E-state index is 12.6. The Morgan fingerprint density at radius 1 is 1.14 bits per heavy atom. The van der Waals surface area contributed by atoms with Gasteiger partial charge in [-0.05, 0) is 37.1 Å². The lowest BCUT2D eigenvalue weighted by atomic mass is 10.1. The van der Waals surface area contributed by atoms with E-state index < -0.39 is 9.84 Å². The molecule has 0 N–H and O–H groups in total. The zero-order valence-electron chi connectivity index (χ0n) is 17.0. The van der Waals surface area contributed by atoms with E-state index in [1.54, 1.807) is 6.33 Å². The van der Waals surface area contributed by atoms with Gasteiger partial charge in [-0.3, -0.25) is 14.3 Å². The Balaban J connectivity index is 1.52. The molecule has 1 aliphatic heterocycles. The van der Waals surface area contributed by atoms with Crippen molar-refractivity contribution in [2.75, 3.05) is 50.5 Å². The number of hydrogen-bond donors (Lipinski definition) is 0. The Morgan fingerprint density at radius 2 is 1.86 bits per heavy atom. The summed E-state index contributed by atoms with van der Waals surface area (Å²) in [5.41, 5.74) is 3.39.